The molecule has 1 aliphatic rings. The average Bonchev–Trinajstić information content (AvgIpc) is 3.03. The summed E-state index contributed by atoms with van der Waals surface area (Å²) >= 11 is 2.01. The lowest BCUT2D eigenvalue weighted by atomic mass is 10.2. The van der Waals surface area contributed by atoms with E-state index < -0.39 is 0 Å². The largest absolute Gasteiger partial charge is 0.310 e. The van der Waals surface area contributed by atoms with Crippen LogP contribution in [0.2, 0.25) is 0 Å². The molecule has 1 aliphatic carbocycles. The Kier molecular flexibility index (Phi) is 3.57. The number of hydrogen-bond acceptors (Lipinski definition) is 3. The molecule has 4 heteroatoms. The average molecular weight is 261 g/mol. The molecule has 3 rings (SSSR count). The maximum Gasteiger partial charge on any atom is 0.0706 e. The van der Waals surface area contributed by atoms with Crippen molar-refractivity contribution in [3.63, 3.8) is 0 Å². The molecular formula is C14H19N3S. The second kappa shape index (κ2) is 5.33. The van der Waals surface area contributed by atoms with Gasteiger partial charge >= 0.3 is 0 Å². The number of nitrogens with zero attached hydrogens (tertiary/aromatic N) is 2. The first-order chi connectivity index (χ1) is 8.86. The number of pyridine rings is 1. The van der Waals surface area contributed by atoms with Crippen LogP contribution in [0.1, 0.15) is 24.8 Å². The highest BCUT2D eigenvalue weighted by Gasteiger charge is 2.23. The van der Waals surface area contributed by atoms with Gasteiger partial charge in [-0.3, -0.25) is 0 Å². The first-order valence-electron chi connectivity index (χ1n) is 6.54. The molecule has 1 N–H and O–H groups in total. The van der Waals surface area contributed by atoms with Gasteiger partial charge in [-0.2, -0.15) is 16.9 Å². The zero-order valence-corrected chi connectivity index (χ0v) is 11.5. The molecule has 0 radical (unpaired) electrons. The molecule has 2 aromatic heterocycles. The summed E-state index contributed by atoms with van der Waals surface area (Å²) in [7, 11) is 0. The fourth-order valence-electron chi connectivity index (χ4n) is 2.72. The first-order valence-corrected chi connectivity index (χ1v) is 7.83. The van der Waals surface area contributed by atoms with E-state index >= 15 is 0 Å². The lowest BCUT2D eigenvalue weighted by Crippen LogP contribution is -2.26. The number of rotatable bonds is 4. The highest BCUT2D eigenvalue weighted by atomic mass is 32.2. The number of hydrogen-bond donors (Lipinski definition) is 1. The molecule has 0 bridgehead atoms. The molecule has 2 aromatic rings. The smallest absolute Gasteiger partial charge is 0.0706 e. The van der Waals surface area contributed by atoms with Gasteiger partial charge in [-0.1, -0.05) is 6.07 Å². The summed E-state index contributed by atoms with van der Waals surface area (Å²) in [6, 6.07) is 6.89. The molecule has 0 aliphatic heterocycles. The molecule has 96 valence electrons. The number of aromatic nitrogens is 2. The molecule has 2 heterocycles. The van der Waals surface area contributed by atoms with Gasteiger partial charge in [-0.25, -0.2) is 4.52 Å². The summed E-state index contributed by atoms with van der Waals surface area (Å²) in [6.07, 6.45) is 10.2. The van der Waals surface area contributed by atoms with Gasteiger partial charge in [-0.05, 0) is 37.7 Å². The molecule has 0 aromatic carbocycles. The Bertz CT molecular complexity index is 522. The van der Waals surface area contributed by atoms with Crippen LogP contribution in [0.3, 0.4) is 0 Å². The van der Waals surface area contributed by atoms with E-state index in [1.807, 2.05) is 34.7 Å². The molecule has 2 unspecified atom stereocenters. The molecule has 1 saturated carbocycles. The van der Waals surface area contributed by atoms with Crippen LogP contribution in [0.25, 0.3) is 5.52 Å². The Morgan fingerprint density at radius 3 is 3.22 bits per heavy atom. The summed E-state index contributed by atoms with van der Waals surface area (Å²) in [4.78, 5) is 0. The van der Waals surface area contributed by atoms with Crippen molar-refractivity contribution in [2.45, 2.75) is 37.1 Å². The van der Waals surface area contributed by atoms with Crippen molar-refractivity contribution in [3.8, 4) is 0 Å². The van der Waals surface area contributed by atoms with Crippen LogP contribution in [0.4, 0.5) is 0 Å². The Labute approximate surface area is 112 Å². The Balaban J connectivity index is 1.63. The fraction of sp³-hybridized carbons (Fsp3) is 0.500. The van der Waals surface area contributed by atoms with Gasteiger partial charge in [-0.15, -0.1) is 0 Å². The minimum Gasteiger partial charge on any atom is -0.310 e. The third kappa shape index (κ3) is 2.40. The molecule has 1 fully saturated rings. The third-order valence-corrected chi connectivity index (χ3v) is 4.90. The molecular weight excluding hydrogens is 242 g/mol. The Hall–Kier alpha value is -1.00. The van der Waals surface area contributed by atoms with Gasteiger partial charge in [0.25, 0.3) is 0 Å². The van der Waals surface area contributed by atoms with E-state index in [1.54, 1.807) is 0 Å². The molecule has 0 amide bonds. The molecule has 2 atom stereocenters. The van der Waals surface area contributed by atoms with E-state index in [0.717, 1.165) is 11.8 Å². The zero-order chi connectivity index (χ0) is 12.4. The zero-order valence-electron chi connectivity index (χ0n) is 10.7. The van der Waals surface area contributed by atoms with Gasteiger partial charge in [0.1, 0.15) is 0 Å². The van der Waals surface area contributed by atoms with Crippen molar-refractivity contribution in [1.82, 2.24) is 14.9 Å². The van der Waals surface area contributed by atoms with Crippen LogP contribution < -0.4 is 5.32 Å². The molecule has 0 spiro atoms. The second-order valence-electron chi connectivity index (χ2n) is 4.95. The van der Waals surface area contributed by atoms with E-state index in [-0.39, 0.29) is 0 Å². The number of thioether (sulfide) groups is 1. The van der Waals surface area contributed by atoms with E-state index in [1.165, 1.54) is 30.3 Å². The highest BCUT2D eigenvalue weighted by molar-refractivity contribution is 7.99. The maximum atomic E-state index is 4.37. The van der Waals surface area contributed by atoms with E-state index in [9.17, 15) is 0 Å². The van der Waals surface area contributed by atoms with Crippen molar-refractivity contribution in [2.24, 2.45) is 0 Å². The normalized spacial score (nSPS) is 23.8. The molecule has 3 nitrogen and oxygen atoms in total. The topological polar surface area (TPSA) is 29.3 Å². The standard InChI is InChI=1S/C14H19N3S/c1-18-13-6-5-12(8-13)15-9-11-10-16-17-7-3-2-4-14(11)17/h2-4,7,10,12-13,15H,5-6,8-9H2,1H3. The SMILES string of the molecule is CSC1CCC(NCc2cnn3ccccc23)C1. The van der Waals surface area contributed by atoms with Crippen LogP contribution >= 0.6 is 11.8 Å². The summed E-state index contributed by atoms with van der Waals surface area (Å²) in [5, 5.41) is 8.89. The number of nitrogens with one attached hydrogen (secondary N) is 1. The van der Waals surface area contributed by atoms with E-state index in [4.69, 9.17) is 0 Å². The number of fused-ring (bicyclic) bond motifs is 1. The van der Waals surface area contributed by atoms with Gasteiger partial charge in [0, 0.05) is 29.6 Å². The van der Waals surface area contributed by atoms with E-state index in [0.29, 0.717) is 6.04 Å². The molecule has 0 saturated heterocycles. The van der Waals surface area contributed by atoms with Crippen molar-refractivity contribution >= 4 is 17.3 Å². The summed E-state index contributed by atoms with van der Waals surface area (Å²) in [6.45, 7) is 0.930. The van der Waals surface area contributed by atoms with Crippen LogP contribution in [0.5, 0.6) is 0 Å². The molecule has 18 heavy (non-hydrogen) atoms. The van der Waals surface area contributed by atoms with Gasteiger partial charge in [0.05, 0.1) is 11.7 Å². The lowest BCUT2D eigenvalue weighted by molar-refractivity contribution is 0.526. The van der Waals surface area contributed by atoms with Gasteiger partial charge < -0.3 is 5.32 Å². The van der Waals surface area contributed by atoms with Crippen LogP contribution in [0, 0.1) is 0 Å². The van der Waals surface area contributed by atoms with Crippen LogP contribution in [-0.2, 0) is 6.54 Å². The lowest BCUT2D eigenvalue weighted by Gasteiger charge is -2.11. The van der Waals surface area contributed by atoms with Crippen molar-refractivity contribution < 1.29 is 0 Å². The second-order valence-corrected chi connectivity index (χ2v) is 6.09. The van der Waals surface area contributed by atoms with Crippen LogP contribution in [0.15, 0.2) is 30.6 Å². The van der Waals surface area contributed by atoms with Gasteiger partial charge in [0.2, 0.25) is 0 Å². The van der Waals surface area contributed by atoms with Crippen LogP contribution in [-0.4, -0.2) is 27.2 Å². The van der Waals surface area contributed by atoms with Gasteiger partial charge in [0.15, 0.2) is 0 Å². The van der Waals surface area contributed by atoms with Crippen molar-refractivity contribution in [2.75, 3.05) is 6.26 Å². The third-order valence-electron chi connectivity index (χ3n) is 3.81. The fourth-order valence-corrected chi connectivity index (χ4v) is 3.51. The predicted molar refractivity (Wildman–Crippen MR) is 77.0 cm³/mol. The Morgan fingerprint density at radius 1 is 1.44 bits per heavy atom. The monoisotopic (exact) mass is 261 g/mol. The van der Waals surface area contributed by atoms with Crippen molar-refractivity contribution in [3.05, 3.63) is 36.2 Å². The minimum atomic E-state index is 0.682. The maximum absolute atomic E-state index is 4.37. The quantitative estimate of drug-likeness (QED) is 0.917. The predicted octanol–water partition coefficient (Wildman–Crippen LogP) is 2.71. The van der Waals surface area contributed by atoms with E-state index in [2.05, 4.69) is 28.8 Å². The summed E-state index contributed by atoms with van der Waals surface area (Å²) in [5.74, 6) is 0. The first kappa shape index (κ1) is 12.1. The van der Waals surface area contributed by atoms with Crippen molar-refractivity contribution in [1.29, 1.82) is 0 Å². The summed E-state index contributed by atoms with van der Waals surface area (Å²) in [5.41, 5.74) is 2.51. The minimum absolute atomic E-state index is 0.682. The Morgan fingerprint density at radius 2 is 2.39 bits per heavy atom. The highest BCUT2D eigenvalue weighted by Crippen LogP contribution is 2.28. The summed E-state index contributed by atoms with van der Waals surface area (Å²) < 4.78 is 1.94.